The number of furan rings is 1. The zero-order valence-electron chi connectivity index (χ0n) is 35.4. The molecule has 3 nitrogen and oxygen atoms in total. The van der Waals surface area contributed by atoms with Gasteiger partial charge >= 0.3 is 0 Å². The Morgan fingerprint density at radius 1 is 0.323 bits per heavy atom. The molecule has 0 saturated heterocycles. The fourth-order valence-electron chi connectivity index (χ4n) is 10.1. The van der Waals surface area contributed by atoms with Crippen molar-refractivity contribution in [1.82, 2.24) is 4.57 Å². The van der Waals surface area contributed by atoms with E-state index in [1.54, 1.807) is 0 Å². The normalized spacial score (nSPS) is 11.7. The van der Waals surface area contributed by atoms with Gasteiger partial charge in [0, 0.05) is 49.4 Å². The summed E-state index contributed by atoms with van der Waals surface area (Å²) in [6.45, 7) is 0. The molecule has 0 spiro atoms. The van der Waals surface area contributed by atoms with E-state index in [9.17, 15) is 0 Å². The summed E-state index contributed by atoms with van der Waals surface area (Å²) in [5.41, 5.74) is 15.6. The molecule has 0 amide bonds. The Balaban J connectivity index is 1.04. The Labute approximate surface area is 376 Å². The molecule has 0 bridgehead atoms. The summed E-state index contributed by atoms with van der Waals surface area (Å²) in [4.78, 5) is 2.43. The minimum absolute atomic E-state index is 0.884. The lowest BCUT2D eigenvalue weighted by Gasteiger charge is -2.28. The number of benzene rings is 11. The number of rotatable bonds is 7. The minimum Gasteiger partial charge on any atom is -0.455 e. The van der Waals surface area contributed by atoms with Crippen LogP contribution in [0.25, 0.3) is 104 Å². The topological polar surface area (TPSA) is 21.3 Å². The van der Waals surface area contributed by atoms with Gasteiger partial charge in [-0.15, -0.1) is 0 Å². The van der Waals surface area contributed by atoms with Crippen LogP contribution in [-0.4, -0.2) is 4.57 Å². The summed E-state index contributed by atoms with van der Waals surface area (Å²) in [7, 11) is 0. The van der Waals surface area contributed by atoms with Gasteiger partial charge in [-0.3, -0.25) is 0 Å². The van der Waals surface area contributed by atoms with Crippen LogP contribution in [0.4, 0.5) is 17.1 Å². The maximum Gasteiger partial charge on any atom is 0.143 e. The molecule has 0 unspecified atom stereocenters. The number of aromatic nitrogens is 1. The van der Waals surface area contributed by atoms with E-state index in [0.29, 0.717) is 0 Å². The molecule has 0 aliphatic rings. The van der Waals surface area contributed by atoms with Gasteiger partial charge in [-0.25, -0.2) is 0 Å². The van der Waals surface area contributed by atoms with Crippen LogP contribution in [-0.2, 0) is 0 Å². The highest BCUT2D eigenvalue weighted by molar-refractivity contribution is 6.20. The van der Waals surface area contributed by atoms with E-state index in [1.807, 2.05) is 6.07 Å². The first kappa shape index (κ1) is 36.9. The van der Waals surface area contributed by atoms with Crippen molar-refractivity contribution in [2.75, 3.05) is 4.90 Å². The molecular weight excluding hydrogens is 789 g/mol. The highest BCUT2D eigenvalue weighted by Gasteiger charge is 2.22. The Kier molecular flexibility index (Phi) is 8.53. The number of nitrogens with zero attached hydrogens (tertiary/aromatic N) is 2. The molecule has 0 fully saturated rings. The lowest BCUT2D eigenvalue weighted by atomic mass is 9.97. The fourth-order valence-corrected chi connectivity index (χ4v) is 10.1. The molecular formula is C62H40N2O. The van der Waals surface area contributed by atoms with Gasteiger partial charge in [0.05, 0.1) is 16.7 Å². The monoisotopic (exact) mass is 828 g/mol. The molecule has 0 aliphatic carbocycles. The molecule has 2 heterocycles. The van der Waals surface area contributed by atoms with E-state index in [0.717, 1.165) is 66.5 Å². The number of hydrogen-bond donors (Lipinski definition) is 0. The van der Waals surface area contributed by atoms with Crippen LogP contribution in [0.15, 0.2) is 247 Å². The summed E-state index contributed by atoms with van der Waals surface area (Å²) in [5.74, 6) is 0. The first-order chi connectivity index (χ1) is 32.2. The zero-order valence-corrected chi connectivity index (χ0v) is 35.4. The van der Waals surface area contributed by atoms with Crippen molar-refractivity contribution in [2.45, 2.75) is 0 Å². The zero-order chi connectivity index (χ0) is 42.8. The number of para-hydroxylation sites is 1. The molecule has 0 saturated carbocycles. The first-order valence-corrected chi connectivity index (χ1v) is 22.2. The Morgan fingerprint density at radius 3 is 1.60 bits per heavy atom. The molecule has 65 heavy (non-hydrogen) atoms. The molecule has 13 rings (SSSR count). The standard InChI is InChI=1S/C62H40N2O/c1-3-15-41(16-4-1)45-31-35-58-55(37-45)56-38-46(42-17-5-2-6-18-42)32-36-59(56)64(58)49-22-14-21-48(39-49)63(47-33-29-44(30-34-47)51-27-13-20-43-19-7-8-23-50(43)51)60-40-57-53-25-11-12-28-61(53)65-62(57)54-26-10-9-24-52(54)60/h1-40H. The van der Waals surface area contributed by atoms with E-state index in [-0.39, 0.29) is 0 Å². The average molecular weight is 829 g/mol. The van der Waals surface area contributed by atoms with Crippen LogP contribution in [0.5, 0.6) is 0 Å². The lowest BCUT2D eigenvalue weighted by molar-refractivity contribution is 0.672. The summed E-state index contributed by atoms with van der Waals surface area (Å²) in [6.07, 6.45) is 0. The molecule has 0 aliphatic heterocycles. The van der Waals surface area contributed by atoms with Crippen LogP contribution in [0.1, 0.15) is 0 Å². The lowest BCUT2D eigenvalue weighted by Crippen LogP contribution is -2.11. The predicted molar refractivity (Wildman–Crippen MR) is 274 cm³/mol. The molecule has 2 aromatic heterocycles. The predicted octanol–water partition coefficient (Wildman–Crippen LogP) is 17.5. The Hall–Kier alpha value is -8.66. The van der Waals surface area contributed by atoms with Crippen molar-refractivity contribution in [1.29, 1.82) is 0 Å². The van der Waals surface area contributed by atoms with Crippen molar-refractivity contribution in [2.24, 2.45) is 0 Å². The molecule has 304 valence electrons. The third-order valence-electron chi connectivity index (χ3n) is 13.2. The van der Waals surface area contributed by atoms with Crippen LogP contribution < -0.4 is 4.90 Å². The molecule has 0 atom stereocenters. The maximum absolute atomic E-state index is 6.61. The number of hydrogen-bond acceptors (Lipinski definition) is 2. The van der Waals surface area contributed by atoms with E-state index in [1.165, 1.54) is 54.9 Å². The summed E-state index contributed by atoms with van der Waals surface area (Å²) in [6, 6.07) is 87.8. The molecule has 0 radical (unpaired) electrons. The van der Waals surface area contributed by atoms with Gasteiger partial charge in [0.25, 0.3) is 0 Å². The van der Waals surface area contributed by atoms with Crippen molar-refractivity contribution in [3.05, 3.63) is 243 Å². The van der Waals surface area contributed by atoms with Crippen molar-refractivity contribution in [3.8, 4) is 39.1 Å². The second-order valence-corrected chi connectivity index (χ2v) is 16.9. The largest absolute Gasteiger partial charge is 0.455 e. The van der Waals surface area contributed by atoms with E-state index in [2.05, 4.69) is 246 Å². The second kappa shape index (κ2) is 15.0. The third-order valence-corrected chi connectivity index (χ3v) is 13.2. The van der Waals surface area contributed by atoms with Gasteiger partial charge in [0.2, 0.25) is 0 Å². The van der Waals surface area contributed by atoms with Crippen LogP contribution in [0, 0.1) is 0 Å². The summed E-state index contributed by atoms with van der Waals surface area (Å²) in [5, 5.41) is 9.29. The number of anilines is 3. The van der Waals surface area contributed by atoms with Crippen LogP contribution in [0.3, 0.4) is 0 Å². The molecule has 13 aromatic rings. The quantitative estimate of drug-likeness (QED) is 0.160. The molecule has 11 aromatic carbocycles. The van der Waals surface area contributed by atoms with Crippen LogP contribution in [0.2, 0.25) is 0 Å². The van der Waals surface area contributed by atoms with Crippen molar-refractivity contribution >= 4 is 82.4 Å². The van der Waals surface area contributed by atoms with Gasteiger partial charge < -0.3 is 13.9 Å². The first-order valence-electron chi connectivity index (χ1n) is 22.2. The molecule has 0 N–H and O–H groups in total. The van der Waals surface area contributed by atoms with E-state index < -0.39 is 0 Å². The van der Waals surface area contributed by atoms with Crippen LogP contribution >= 0.6 is 0 Å². The van der Waals surface area contributed by atoms with Crippen molar-refractivity contribution in [3.63, 3.8) is 0 Å². The van der Waals surface area contributed by atoms with Gasteiger partial charge in [-0.1, -0.05) is 176 Å². The van der Waals surface area contributed by atoms with Gasteiger partial charge in [-0.2, -0.15) is 0 Å². The Morgan fingerprint density at radius 2 is 0.892 bits per heavy atom. The van der Waals surface area contributed by atoms with Crippen molar-refractivity contribution < 1.29 is 4.42 Å². The smallest absolute Gasteiger partial charge is 0.143 e. The van der Waals surface area contributed by atoms with E-state index in [4.69, 9.17) is 4.42 Å². The summed E-state index contributed by atoms with van der Waals surface area (Å²) >= 11 is 0. The van der Waals surface area contributed by atoms with Gasteiger partial charge in [0.15, 0.2) is 0 Å². The van der Waals surface area contributed by atoms with Gasteiger partial charge in [-0.05, 0) is 111 Å². The maximum atomic E-state index is 6.61. The fraction of sp³-hybridized carbons (Fsp3) is 0. The highest BCUT2D eigenvalue weighted by Crippen LogP contribution is 2.46. The van der Waals surface area contributed by atoms with Gasteiger partial charge in [0.1, 0.15) is 11.2 Å². The minimum atomic E-state index is 0.884. The highest BCUT2D eigenvalue weighted by atomic mass is 16.3. The summed E-state index contributed by atoms with van der Waals surface area (Å²) < 4.78 is 9.05. The Bertz CT molecular complexity index is 3840. The molecule has 3 heteroatoms. The second-order valence-electron chi connectivity index (χ2n) is 16.9. The third kappa shape index (κ3) is 6.12. The number of fused-ring (bicyclic) bond motifs is 9. The average Bonchev–Trinajstić information content (AvgIpc) is 3.92. The SMILES string of the molecule is c1ccc(-c2ccc3c(c2)c2cc(-c4ccccc4)ccc2n3-c2cccc(N(c3ccc(-c4cccc5ccccc45)cc3)c3cc4c5ccccc5oc4c4ccccc34)c2)cc1. The van der Waals surface area contributed by atoms with E-state index >= 15 is 0 Å².